The lowest BCUT2D eigenvalue weighted by molar-refractivity contribution is -0.384. The van der Waals surface area contributed by atoms with E-state index in [-0.39, 0.29) is 30.2 Å². The third-order valence-electron chi connectivity index (χ3n) is 2.92. The Morgan fingerprint density at radius 2 is 2.00 bits per heavy atom. The normalized spacial score (nSPS) is 10.6. The monoisotopic (exact) mass is 314 g/mol. The first-order chi connectivity index (χ1) is 11.1. The van der Waals surface area contributed by atoms with Crippen molar-refractivity contribution in [2.75, 3.05) is 6.54 Å². The van der Waals surface area contributed by atoms with E-state index in [0.29, 0.717) is 0 Å². The number of carbonyl (C=O) groups is 1. The topological polar surface area (TPSA) is 102 Å². The molecular formula is C16H14N2O5. The number of carbonyl (C=O) groups excluding carboxylic acids is 1. The van der Waals surface area contributed by atoms with Crippen LogP contribution >= 0.6 is 0 Å². The number of phenols is 1. The first-order valence-corrected chi connectivity index (χ1v) is 6.73. The van der Waals surface area contributed by atoms with E-state index in [9.17, 15) is 20.0 Å². The molecule has 0 aliphatic carbocycles. The molecule has 0 aliphatic heterocycles. The van der Waals surface area contributed by atoms with E-state index < -0.39 is 10.9 Å². The van der Waals surface area contributed by atoms with E-state index in [1.165, 1.54) is 24.4 Å². The van der Waals surface area contributed by atoms with E-state index in [1.54, 1.807) is 0 Å². The minimum atomic E-state index is -0.578. The molecule has 1 N–H and O–H groups in total. The van der Waals surface area contributed by atoms with Crippen LogP contribution in [0, 0.1) is 10.1 Å². The van der Waals surface area contributed by atoms with Crippen LogP contribution < -0.4 is 0 Å². The van der Waals surface area contributed by atoms with Gasteiger partial charge in [-0.2, -0.15) is 0 Å². The van der Waals surface area contributed by atoms with Crippen LogP contribution in [0.4, 0.5) is 5.69 Å². The standard InChI is InChI=1S/C16H14N2O5/c19-15-7-6-14(18(21)22)8-13(15)9-17-10-16(20)23-11-12-4-2-1-3-5-12/h1-9,19H,10-11H2. The van der Waals surface area contributed by atoms with Gasteiger partial charge in [0.2, 0.25) is 0 Å². The lowest BCUT2D eigenvalue weighted by Crippen LogP contribution is -2.08. The van der Waals surface area contributed by atoms with Crippen molar-refractivity contribution in [1.82, 2.24) is 0 Å². The summed E-state index contributed by atoms with van der Waals surface area (Å²) in [5, 5.41) is 20.3. The van der Waals surface area contributed by atoms with E-state index in [2.05, 4.69) is 4.99 Å². The fourth-order valence-corrected chi connectivity index (χ4v) is 1.76. The maximum Gasteiger partial charge on any atom is 0.328 e. The second kappa shape index (κ2) is 7.69. The number of hydrogen-bond acceptors (Lipinski definition) is 6. The summed E-state index contributed by atoms with van der Waals surface area (Å²) in [6.45, 7) is -0.0911. The van der Waals surface area contributed by atoms with E-state index in [0.717, 1.165) is 5.56 Å². The molecule has 2 rings (SSSR count). The highest BCUT2D eigenvalue weighted by Gasteiger charge is 2.09. The first-order valence-electron chi connectivity index (χ1n) is 6.73. The Labute approximate surface area is 132 Å². The summed E-state index contributed by atoms with van der Waals surface area (Å²) in [5.74, 6) is -0.688. The van der Waals surface area contributed by atoms with Crippen molar-refractivity contribution in [3.05, 3.63) is 69.8 Å². The van der Waals surface area contributed by atoms with Gasteiger partial charge in [-0.15, -0.1) is 0 Å². The molecule has 0 heterocycles. The number of nitro groups is 1. The number of nitro benzene ring substituents is 1. The summed E-state index contributed by atoms with van der Waals surface area (Å²) in [7, 11) is 0. The van der Waals surface area contributed by atoms with Gasteiger partial charge in [-0.25, -0.2) is 0 Å². The smallest absolute Gasteiger partial charge is 0.328 e. The predicted molar refractivity (Wildman–Crippen MR) is 83.5 cm³/mol. The van der Waals surface area contributed by atoms with Gasteiger partial charge in [-0.3, -0.25) is 19.9 Å². The van der Waals surface area contributed by atoms with Crippen LogP contribution in [0.2, 0.25) is 0 Å². The summed E-state index contributed by atoms with van der Waals surface area (Å²) in [5.41, 5.74) is 0.854. The molecule has 0 fully saturated rings. The molecule has 0 radical (unpaired) electrons. The number of aliphatic imine (C=N–C) groups is 1. The lowest BCUT2D eigenvalue weighted by atomic mass is 10.2. The number of nitrogens with zero attached hydrogens (tertiary/aromatic N) is 2. The zero-order chi connectivity index (χ0) is 16.7. The summed E-state index contributed by atoms with van der Waals surface area (Å²) < 4.78 is 5.03. The Kier molecular flexibility index (Phi) is 5.40. The average Bonchev–Trinajstić information content (AvgIpc) is 2.55. The first kappa shape index (κ1) is 16.2. The summed E-state index contributed by atoms with van der Waals surface area (Å²) in [6, 6.07) is 12.8. The number of ether oxygens (including phenoxy) is 1. The van der Waals surface area contributed by atoms with E-state index in [4.69, 9.17) is 4.74 Å². The lowest BCUT2D eigenvalue weighted by Gasteiger charge is -2.03. The van der Waals surface area contributed by atoms with Crippen molar-refractivity contribution in [3.63, 3.8) is 0 Å². The molecule has 23 heavy (non-hydrogen) atoms. The molecule has 0 bridgehead atoms. The zero-order valence-electron chi connectivity index (χ0n) is 12.1. The van der Waals surface area contributed by atoms with Crippen LogP contribution in [0.15, 0.2) is 53.5 Å². The molecule has 0 amide bonds. The van der Waals surface area contributed by atoms with Gasteiger partial charge in [0.25, 0.3) is 5.69 Å². The van der Waals surface area contributed by atoms with Gasteiger partial charge >= 0.3 is 5.97 Å². The van der Waals surface area contributed by atoms with Crippen molar-refractivity contribution >= 4 is 17.9 Å². The molecule has 0 saturated carbocycles. The quantitative estimate of drug-likeness (QED) is 0.382. The molecule has 7 nitrogen and oxygen atoms in total. The number of rotatable bonds is 6. The molecule has 118 valence electrons. The molecule has 0 unspecified atom stereocenters. The van der Waals surface area contributed by atoms with Gasteiger partial charge in [-0.05, 0) is 11.6 Å². The summed E-state index contributed by atoms with van der Waals surface area (Å²) in [6.07, 6.45) is 1.20. The van der Waals surface area contributed by atoms with Gasteiger partial charge < -0.3 is 9.84 Å². The number of hydrogen-bond donors (Lipinski definition) is 1. The van der Waals surface area contributed by atoms with Gasteiger partial charge in [0.05, 0.1) is 4.92 Å². The molecule has 7 heteroatoms. The number of aromatic hydroxyl groups is 1. The molecule has 0 saturated heterocycles. The maximum absolute atomic E-state index is 11.6. The molecule has 2 aromatic carbocycles. The molecule has 0 aromatic heterocycles. The van der Waals surface area contributed by atoms with Gasteiger partial charge in [0.15, 0.2) is 0 Å². The van der Waals surface area contributed by atoms with Crippen molar-refractivity contribution in [2.45, 2.75) is 6.61 Å². The Morgan fingerprint density at radius 1 is 1.26 bits per heavy atom. The molecule has 0 spiro atoms. The van der Waals surface area contributed by atoms with Crippen molar-refractivity contribution < 1.29 is 19.6 Å². The molecule has 0 atom stereocenters. The second-order valence-electron chi connectivity index (χ2n) is 4.62. The van der Waals surface area contributed by atoms with Crippen molar-refractivity contribution in [3.8, 4) is 5.75 Å². The van der Waals surface area contributed by atoms with Gasteiger partial charge in [0, 0.05) is 23.9 Å². The van der Waals surface area contributed by atoms with Crippen LogP contribution in [0.25, 0.3) is 0 Å². The Hall–Kier alpha value is -3.22. The third-order valence-corrected chi connectivity index (χ3v) is 2.92. The van der Waals surface area contributed by atoms with Crippen molar-refractivity contribution in [1.29, 1.82) is 0 Å². The summed E-state index contributed by atoms with van der Waals surface area (Å²) >= 11 is 0. The van der Waals surface area contributed by atoms with E-state index in [1.807, 2.05) is 30.3 Å². The third kappa shape index (κ3) is 4.92. The SMILES string of the molecule is O=C(CN=Cc1cc([N+](=O)[O-])ccc1O)OCc1ccccc1. The minimum Gasteiger partial charge on any atom is -0.507 e. The van der Waals surface area contributed by atoms with Gasteiger partial charge in [-0.1, -0.05) is 30.3 Å². The largest absolute Gasteiger partial charge is 0.507 e. The number of non-ortho nitro benzene ring substituents is 1. The van der Waals surface area contributed by atoms with Crippen LogP contribution in [0.1, 0.15) is 11.1 Å². The molecule has 0 aliphatic rings. The van der Waals surface area contributed by atoms with E-state index >= 15 is 0 Å². The maximum atomic E-state index is 11.6. The Bertz CT molecular complexity index is 729. The average molecular weight is 314 g/mol. The number of esters is 1. The van der Waals surface area contributed by atoms with Crippen LogP contribution in [-0.2, 0) is 16.1 Å². The minimum absolute atomic E-state index is 0.150. The fourth-order valence-electron chi connectivity index (χ4n) is 1.76. The van der Waals surface area contributed by atoms with Crippen LogP contribution in [0.3, 0.4) is 0 Å². The summed E-state index contributed by atoms with van der Waals surface area (Å²) in [4.78, 5) is 25.5. The predicted octanol–water partition coefficient (Wildman–Crippen LogP) is 2.46. The van der Waals surface area contributed by atoms with Crippen molar-refractivity contribution in [2.24, 2.45) is 4.99 Å². The van der Waals surface area contributed by atoms with Gasteiger partial charge in [0.1, 0.15) is 18.9 Å². The Balaban J connectivity index is 1.90. The molecule has 2 aromatic rings. The molecular weight excluding hydrogens is 300 g/mol. The zero-order valence-corrected chi connectivity index (χ0v) is 12.1. The number of benzene rings is 2. The highest BCUT2D eigenvalue weighted by Crippen LogP contribution is 2.21. The second-order valence-corrected chi connectivity index (χ2v) is 4.62. The van der Waals surface area contributed by atoms with Crippen LogP contribution in [-0.4, -0.2) is 28.8 Å². The fraction of sp³-hybridized carbons (Fsp3) is 0.125. The number of phenolic OH excluding ortho intramolecular Hbond substituents is 1. The van der Waals surface area contributed by atoms with Crippen LogP contribution in [0.5, 0.6) is 5.75 Å². The highest BCUT2D eigenvalue weighted by atomic mass is 16.6. The Morgan fingerprint density at radius 3 is 2.70 bits per heavy atom. The highest BCUT2D eigenvalue weighted by molar-refractivity contribution is 5.86.